The lowest BCUT2D eigenvalue weighted by Gasteiger charge is -2.30. The molecule has 2 fully saturated rings. The zero-order valence-corrected chi connectivity index (χ0v) is 19.7. The summed E-state index contributed by atoms with van der Waals surface area (Å²) in [7, 11) is -3.73. The van der Waals surface area contributed by atoms with Crippen molar-refractivity contribution in [3.8, 4) is 10.8 Å². The second-order valence-electron chi connectivity index (χ2n) is 8.16. The number of sulfonamides is 1. The molecule has 2 saturated heterocycles. The lowest BCUT2D eigenvalue weighted by molar-refractivity contribution is 0.0382. The molecule has 3 aromatic heterocycles. The van der Waals surface area contributed by atoms with E-state index < -0.39 is 16.2 Å². The van der Waals surface area contributed by atoms with Crippen molar-refractivity contribution >= 4 is 27.0 Å². The van der Waals surface area contributed by atoms with Gasteiger partial charge in [-0.3, -0.25) is 14.2 Å². The van der Waals surface area contributed by atoms with Crippen LogP contribution in [-0.4, -0.2) is 64.7 Å². The van der Waals surface area contributed by atoms with Gasteiger partial charge < -0.3 is 9.15 Å². The SMILES string of the molecule is Cc1nc(CN(c2cccnc2)S(=O)(=O)CN2CC3CC2CO3)sc1-c1nnc(C(C)F)o1. The number of likely N-dealkylation sites (tertiary alicyclic amines) is 1. The fraction of sp³-hybridized carbons (Fsp3) is 0.500. The van der Waals surface area contributed by atoms with E-state index in [0.29, 0.717) is 34.4 Å². The van der Waals surface area contributed by atoms with Crippen molar-refractivity contribution in [1.82, 2.24) is 25.1 Å². The molecule has 0 amide bonds. The molecule has 13 heteroatoms. The van der Waals surface area contributed by atoms with Crippen molar-refractivity contribution in [2.75, 3.05) is 23.3 Å². The standard InChI is InChI=1S/C20H23FN6O4S2/c1-12(21)19-24-25-20(31-19)18-13(2)23-17(32-18)9-27(14-4-3-5-22-7-14)33(28,29)11-26-8-16-6-15(26)10-30-16/h3-5,7,12,15-16H,6,8-11H2,1-2H3. The minimum absolute atomic E-state index is 0.0263. The summed E-state index contributed by atoms with van der Waals surface area (Å²) < 4.78 is 52.9. The van der Waals surface area contributed by atoms with Crippen LogP contribution in [0, 0.1) is 6.92 Å². The molecular weight excluding hydrogens is 471 g/mol. The summed E-state index contributed by atoms with van der Waals surface area (Å²) in [5.74, 6) is -0.0483. The van der Waals surface area contributed by atoms with Crippen LogP contribution >= 0.6 is 11.3 Å². The Kier molecular flexibility index (Phi) is 5.89. The number of thiazole rings is 1. The van der Waals surface area contributed by atoms with Crippen LogP contribution in [0.4, 0.5) is 10.1 Å². The topological polar surface area (TPSA) is 115 Å². The van der Waals surface area contributed by atoms with Crippen LogP contribution < -0.4 is 4.31 Å². The number of alkyl halides is 1. The first-order chi connectivity index (χ1) is 15.8. The molecule has 0 saturated carbocycles. The Morgan fingerprint density at radius 2 is 2.24 bits per heavy atom. The summed E-state index contributed by atoms with van der Waals surface area (Å²) in [6.45, 7) is 4.28. The number of nitrogens with zero attached hydrogens (tertiary/aromatic N) is 6. The number of hydrogen-bond acceptors (Lipinski definition) is 10. The molecule has 33 heavy (non-hydrogen) atoms. The molecule has 2 aliphatic heterocycles. The van der Waals surface area contributed by atoms with Gasteiger partial charge in [0.25, 0.3) is 11.8 Å². The highest BCUT2D eigenvalue weighted by Gasteiger charge is 2.41. The van der Waals surface area contributed by atoms with E-state index in [-0.39, 0.29) is 36.3 Å². The van der Waals surface area contributed by atoms with Gasteiger partial charge in [0.15, 0.2) is 6.17 Å². The van der Waals surface area contributed by atoms with Gasteiger partial charge in [-0.1, -0.05) is 0 Å². The van der Waals surface area contributed by atoms with Crippen LogP contribution in [0.15, 0.2) is 28.9 Å². The molecule has 3 unspecified atom stereocenters. The minimum Gasteiger partial charge on any atom is -0.417 e. The normalized spacial score (nSPS) is 21.5. The number of pyridine rings is 1. The quantitative estimate of drug-likeness (QED) is 0.466. The Balaban J connectivity index is 1.42. The fourth-order valence-corrected chi connectivity index (χ4v) is 6.78. The van der Waals surface area contributed by atoms with Crippen molar-refractivity contribution < 1.29 is 22.0 Å². The van der Waals surface area contributed by atoms with Crippen molar-refractivity contribution in [2.24, 2.45) is 0 Å². The monoisotopic (exact) mass is 494 g/mol. The maximum atomic E-state index is 13.5. The van der Waals surface area contributed by atoms with E-state index in [0.717, 1.165) is 6.42 Å². The number of morpholine rings is 1. The van der Waals surface area contributed by atoms with E-state index in [1.807, 2.05) is 4.90 Å². The van der Waals surface area contributed by atoms with Gasteiger partial charge in [0.1, 0.15) is 15.8 Å². The molecule has 176 valence electrons. The van der Waals surface area contributed by atoms with Crippen LogP contribution in [0.1, 0.15) is 36.1 Å². The number of halogens is 1. The number of fused-ring (bicyclic) bond motifs is 2. The molecular formula is C20H23FN6O4S2. The Morgan fingerprint density at radius 3 is 2.88 bits per heavy atom. The van der Waals surface area contributed by atoms with Crippen molar-refractivity contribution in [3.63, 3.8) is 0 Å². The Bertz CT molecular complexity index is 1230. The number of ether oxygens (including phenoxy) is 1. The Morgan fingerprint density at radius 1 is 1.39 bits per heavy atom. The second-order valence-corrected chi connectivity index (χ2v) is 11.1. The number of rotatable bonds is 8. The molecule has 0 aliphatic carbocycles. The molecule has 3 aromatic rings. The van der Waals surface area contributed by atoms with E-state index in [4.69, 9.17) is 9.15 Å². The highest BCUT2D eigenvalue weighted by atomic mass is 32.2. The molecule has 10 nitrogen and oxygen atoms in total. The lowest BCUT2D eigenvalue weighted by atomic mass is 10.2. The summed E-state index contributed by atoms with van der Waals surface area (Å²) >= 11 is 1.24. The highest BCUT2D eigenvalue weighted by Crippen LogP contribution is 2.33. The Hall–Kier alpha value is -2.48. The zero-order chi connectivity index (χ0) is 23.2. The zero-order valence-electron chi connectivity index (χ0n) is 18.1. The van der Waals surface area contributed by atoms with Crippen molar-refractivity contribution in [3.05, 3.63) is 41.1 Å². The van der Waals surface area contributed by atoms with Gasteiger partial charge in [0.2, 0.25) is 10.0 Å². The van der Waals surface area contributed by atoms with Crippen LogP contribution in [-0.2, 0) is 21.3 Å². The predicted molar refractivity (Wildman–Crippen MR) is 119 cm³/mol. The van der Waals surface area contributed by atoms with Gasteiger partial charge >= 0.3 is 0 Å². The van der Waals surface area contributed by atoms with Gasteiger partial charge in [0.05, 0.1) is 36.8 Å². The number of anilines is 1. The molecule has 0 N–H and O–H groups in total. The maximum absolute atomic E-state index is 13.5. The van der Waals surface area contributed by atoms with Crippen LogP contribution in [0.25, 0.3) is 10.8 Å². The third kappa shape index (κ3) is 4.50. The van der Waals surface area contributed by atoms with E-state index in [1.54, 1.807) is 25.3 Å². The minimum atomic E-state index is -3.73. The van der Waals surface area contributed by atoms with Gasteiger partial charge in [-0.2, -0.15) is 0 Å². The third-order valence-electron chi connectivity index (χ3n) is 5.71. The average Bonchev–Trinajstić information content (AvgIpc) is 3.56. The molecule has 3 atom stereocenters. The first-order valence-corrected chi connectivity index (χ1v) is 12.9. The maximum Gasteiger partial charge on any atom is 0.259 e. The van der Waals surface area contributed by atoms with E-state index in [2.05, 4.69) is 20.2 Å². The molecule has 5 heterocycles. The molecule has 5 rings (SSSR count). The first kappa shape index (κ1) is 22.3. The van der Waals surface area contributed by atoms with Gasteiger partial charge in [-0.05, 0) is 32.4 Å². The number of aromatic nitrogens is 4. The van der Waals surface area contributed by atoms with Crippen LogP contribution in [0.3, 0.4) is 0 Å². The molecule has 2 aliphatic rings. The highest BCUT2D eigenvalue weighted by molar-refractivity contribution is 7.92. The summed E-state index contributed by atoms with van der Waals surface area (Å²) in [5, 5.41) is 8.19. The van der Waals surface area contributed by atoms with Crippen LogP contribution in [0.2, 0.25) is 0 Å². The number of aryl methyl sites for hydroxylation is 1. The molecule has 0 spiro atoms. The predicted octanol–water partition coefficient (Wildman–Crippen LogP) is 2.69. The van der Waals surface area contributed by atoms with Gasteiger partial charge in [-0.25, -0.2) is 17.8 Å². The van der Waals surface area contributed by atoms with Crippen LogP contribution in [0.5, 0.6) is 0 Å². The molecule has 2 bridgehead atoms. The van der Waals surface area contributed by atoms with Gasteiger partial charge in [-0.15, -0.1) is 21.5 Å². The summed E-state index contributed by atoms with van der Waals surface area (Å²) in [4.78, 5) is 11.2. The van der Waals surface area contributed by atoms with E-state index in [9.17, 15) is 12.8 Å². The lowest BCUT2D eigenvalue weighted by Crippen LogP contribution is -2.45. The summed E-state index contributed by atoms with van der Waals surface area (Å²) in [6.07, 6.45) is 2.70. The average molecular weight is 495 g/mol. The third-order valence-corrected chi connectivity index (χ3v) is 8.51. The fourth-order valence-electron chi connectivity index (χ4n) is 4.10. The summed E-state index contributed by atoms with van der Waals surface area (Å²) in [5.41, 5.74) is 1.06. The van der Waals surface area contributed by atoms with Crippen molar-refractivity contribution in [1.29, 1.82) is 0 Å². The molecule has 0 aromatic carbocycles. The number of hydrogen-bond donors (Lipinski definition) is 0. The Labute approximate surface area is 194 Å². The molecule has 0 radical (unpaired) electrons. The van der Waals surface area contributed by atoms with Crippen molar-refractivity contribution in [2.45, 2.75) is 45.1 Å². The summed E-state index contributed by atoms with van der Waals surface area (Å²) in [6, 6.07) is 3.52. The largest absolute Gasteiger partial charge is 0.417 e. The second kappa shape index (κ2) is 8.70. The first-order valence-electron chi connectivity index (χ1n) is 10.5. The van der Waals surface area contributed by atoms with E-state index in [1.165, 1.54) is 28.8 Å². The van der Waals surface area contributed by atoms with Gasteiger partial charge in [0, 0.05) is 18.8 Å². The van der Waals surface area contributed by atoms with E-state index >= 15 is 0 Å². The smallest absolute Gasteiger partial charge is 0.259 e.